The van der Waals surface area contributed by atoms with Gasteiger partial charge in [0.05, 0.1) is 6.61 Å². The molecule has 2 rings (SSSR count). The minimum absolute atomic E-state index is 0.0293. The average Bonchev–Trinajstić information content (AvgIpc) is 2.77. The van der Waals surface area contributed by atoms with Crippen molar-refractivity contribution in [1.82, 2.24) is 24.7 Å². The number of halogens is 1. The van der Waals surface area contributed by atoms with Crippen molar-refractivity contribution in [2.45, 2.75) is 12.1 Å². The van der Waals surface area contributed by atoms with Gasteiger partial charge in [0.25, 0.3) is 11.1 Å². The summed E-state index contributed by atoms with van der Waals surface area (Å²) < 4.78 is 36.6. The Kier molecular flexibility index (Phi) is 3.64. The molecule has 1 N–H and O–H groups in total. The Balaban J connectivity index is 2.44. The number of hydrogen-bond acceptors (Lipinski definition) is 7. The Bertz CT molecular complexity index is 701. The molecule has 0 bridgehead atoms. The number of aromatic nitrogens is 5. The van der Waals surface area contributed by atoms with E-state index >= 15 is 0 Å². The molecular weight excluding hydrogens is 298 g/mol. The highest BCUT2D eigenvalue weighted by atomic mass is 35.5. The summed E-state index contributed by atoms with van der Waals surface area (Å²) >= 11 is 5.77. The van der Waals surface area contributed by atoms with Crippen LogP contribution in [0.15, 0.2) is 17.6 Å². The van der Waals surface area contributed by atoms with Crippen LogP contribution in [0.2, 0.25) is 5.15 Å². The zero-order valence-electron chi connectivity index (χ0n) is 9.56. The minimum Gasteiger partial charge on any atom is -0.478 e. The fraction of sp³-hybridized carbons (Fsp3) is 0.250. The van der Waals surface area contributed by atoms with Crippen molar-refractivity contribution in [2.75, 3.05) is 6.61 Å². The van der Waals surface area contributed by atoms with E-state index in [4.69, 9.17) is 20.9 Å². The van der Waals surface area contributed by atoms with Gasteiger partial charge in [-0.15, -0.1) is 5.10 Å². The SMILES string of the molecule is CCOc1cc(Cl)nc(-n2cnc(S(=O)(=O)O)n2)n1. The predicted octanol–water partition coefficient (Wildman–Crippen LogP) is 0.356. The van der Waals surface area contributed by atoms with Crippen molar-refractivity contribution in [3.05, 3.63) is 17.5 Å². The highest BCUT2D eigenvalue weighted by molar-refractivity contribution is 7.85. The lowest BCUT2D eigenvalue weighted by Crippen LogP contribution is -2.06. The van der Waals surface area contributed by atoms with E-state index in [1.807, 2.05) is 0 Å². The molecular formula is C8H8ClN5O4S. The third-order valence-electron chi connectivity index (χ3n) is 1.86. The largest absolute Gasteiger partial charge is 0.478 e. The minimum atomic E-state index is -4.48. The highest BCUT2D eigenvalue weighted by Crippen LogP contribution is 2.15. The second kappa shape index (κ2) is 5.07. The number of hydrogen-bond donors (Lipinski definition) is 1. The molecule has 0 atom stereocenters. The molecule has 0 aliphatic carbocycles. The van der Waals surface area contributed by atoms with Gasteiger partial charge in [0.1, 0.15) is 11.5 Å². The van der Waals surface area contributed by atoms with Crippen LogP contribution in [0.1, 0.15) is 6.92 Å². The summed E-state index contributed by atoms with van der Waals surface area (Å²) in [4.78, 5) is 11.2. The van der Waals surface area contributed by atoms with Gasteiger partial charge in [-0.05, 0) is 6.92 Å². The quantitative estimate of drug-likeness (QED) is 0.635. The summed E-state index contributed by atoms with van der Waals surface area (Å²) in [5.74, 6) is 0.180. The van der Waals surface area contributed by atoms with E-state index in [-0.39, 0.29) is 17.0 Å². The van der Waals surface area contributed by atoms with Crippen LogP contribution in [0.25, 0.3) is 5.95 Å². The zero-order valence-corrected chi connectivity index (χ0v) is 11.1. The molecule has 0 unspecified atom stereocenters. The van der Waals surface area contributed by atoms with E-state index in [1.165, 1.54) is 6.07 Å². The second-order valence-electron chi connectivity index (χ2n) is 3.21. The summed E-state index contributed by atoms with van der Waals surface area (Å²) in [6.45, 7) is 2.14. The monoisotopic (exact) mass is 305 g/mol. The van der Waals surface area contributed by atoms with E-state index < -0.39 is 15.3 Å². The maximum absolute atomic E-state index is 10.8. The Morgan fingerprint density at radius 3 is 2.79 bits per heavy atom. The Hall–Kier alpha value is -1.78. The van der Waals surface area contributed by atoms with Crippen molar-refractivity contribution in [3.63, 3.8) is 0 Å². The van der Waals surface area contributed by atoms with Crippen molar-refractivity contribution in [2.24, 2.45) is 0 Å². The van der Waals surface area contributed by atoms with Gasteiger partial charge in [0.2, 0.25) is 5.88 Å². The fourth-order valence-corrected chi connectivity index (χ4v) is 1.71. The molecule has 102 valence electrons. The molecule has 2 aromatic rings. The van der Waals surface area contributed by atoms with Crippen LogP contribution in [0, 0.1) is 0 Å². The highest BCUT2D eigenvalue weighted by Gasteiger charge is 2.17. The van der Waals surface area contributed by atoms with Crippen molar-refractivity contribution < 1.29 is 17.7 Å². The molecule has 2 heterocycles. The second-order valence-corrected chi connectivity index (χ2v) is 4.91. The van der Waals surface area contributed by atoms with Gasteiger partial charge in [0, 0.05) is 6.07 Å². The van der Waals surface area contributed by atoms with Gasteiger partial charge in [-0.3, -0.25) is 4.55 Å². The van der Waals surface area contributed by atoms with Crippen LogP contribution in [0.5, 0.6) is 5.88 Å². The first-order valence-electron chi connectivity index (χ1n) is 4.97. The van der Waals surface area contributed by atoms with E-state index in [9.17, 15) is 8.42 Å². The van der Waals surface area contributed by atoms with E-state index in [0.717, 1.165) is 11.0 Å². The lowest BCUT2D eigenvalue weighted by Gasteiger charge is -2.04. The Morgan fingerprint density at radius 2 is 2.21 bits per heavy atom. The van der Waals surface area contributed by atoms with Gasteiger partial charge in [-0.1, -0.05) is 11.6 Å². The lowest BCUT2D eigenvalue weighted by atomic mass is 10.6. The maximum atomic E-state index is 10.8. The van der Waals surface area contributed by atoms with Crippen LogP contribution in [-0.2, 0) is 10.1 Å². The molecule has 0 radical (unpaired) electrons. The normalized spacial score (nSPS) is 11.5. The lowest BCUT2D eigenvalue weighted by molar-refractivity contribution is 0.325. The zero-order chi connectivity index (χ0) is 14.0. The molecule has 0 saturated heterocycles. The molecule has 0 fully saturated rings. The van der Waals surface area contributed by atoms with Crippen molar-refractivity contribution in [1.29, 1.82) is 0 Å². The number of ether oxygens (including phenoxy) is 1. The average molecular weight is 306 g/mol. The molecule has 0 aliphatic rings. The standard InChI is InChI=1S/C8H8ClN5O4S/c1-2-18-6-3-5(9)11-7(12-6)14-4-10-8(13-14)19(15,16)17/h3-4H,2H2,1H3,(H,15,16,17). The molecule has 2 aromatic heterocycles. The van der Waals surface area contributed by atoms with Crippen LogP contribution >= 0.6 is 11.6 Å². The molecule has 0 amide bonds. The topological polar surface area (TPSA) is 120 Å². The predicted molar refractivity (Wildman–Crippen MR) is 62.9 cm³/mol. The van der Waals surface area contributed by atoms with E-state index in [1.54, 1.807) is 6.92 Å². The molecule has 19 heavy (non-hydrogen) atoms. The van der Waals surface area contributed by atoms with Crippen LogP contribution in [0.3, 0.4) is 0 Å². The summed E-state index contributed by atoms with van der Waals surface area (Å²) in [5.41, 5.74) is 0. The fourth-order valence-electron chi connectivity index (χ4n) is 1.17. The first-order chi connectivity index (χ1) is 8.90. The van der Waals surface area contributed by atoms with Crippen LogP contribution in [0.4, 0.5) is 0 Å². The summed E-state index contributed by atoms with van der Waals surface area (Å²) in [7, 11) is -4.48. The molecule has 9 nitrogen and oxygen atoms in total. The summed E-state index contributed by atoms with van der Waals surface area (Å²) in [6, 6.07) is 1.40. The Morgan fingerprint density at radius 1 is 1.47 bits per heavy atom. The van der Waals surface area contributed by atoms with Gasteiger partial charge in [-0.2, -0.15) is 23.1 Å². The molecule has 0 spiro atoms. The van der Waals surface area contributed by atoms with Crippen LogP contribution < -0.4 is 4.74 Å². The summed E-state index contributed by atoms with van der Waals surface area (Å²) in [6.07, 6.45) is 1.03. The van der Waals surface area contributed by atoms with E-state index in [2.05, 4.69) is 20.1 Å². The number of rotatable bonds is 4. The smallest absolute Gasteiger partial charge is 0.332 e. The van der Waals surface area contributed by atoms with Crippen molar-refractivity contribution >= 4 is 21.7 Å². The van der Waals surface area contributed by atoms with Gasteiger partial charge in [0.15, 0.2) is 0 Å². The van der Waals surface area contributed by atoms with Crippen LogP contribution in [-0.4, -0.2) is 44.3 Å². The molecule has 0 saturated carbocycles. The van der Waals surface area contributed by atoms with Gasteiger partial charge in [-0.25, -0.2) is 4.98 Å². The van der Waals surface area contributed by atoms with E-state index in [0.29, 0.717) is 6.61 Å². The number of nitrogens with zero attached hydrogens (tertiary/aromatic N) is 5. The van der Waals surface area contributed by atoms with Gasteiger partial charge < -0.3 is 4.74 Å². The van der Waals surface area contributed by atoms with Crippen molar-refractivity contribution in [3.8, 4) is 11.8 Å². The first kappa shape index (κ1) is 13.6. The third kappa shape index (κ3) is 3.16. The maximum Gasteiger partial charge on any atom is 0.332 e. The third-order valence-corrected chi connectivity index (χ3v) is 2.70. The summed E-state index contributed by atoms with van der Waals surface area (Å²) in [5, 5.41) is 2.86. The molecule has 0 aromatic carbocycles. The molecule has 11 heteroatoms. The van der Waals surface area contributed by atoms with Gasteiger partial charge >= 0.3 is 10.1 Å². The first-order valence-corrected chi connectivity index (χ1v) is 6.79. The molecule has 0 aliphatic heterocycles. The Labute approximate surface area is 113 Å².